The van der Waals surface area contributed by atoms with E-state index in [0.717, 1.165) is 5.56 Å². The lowest BCUT2D eigenvalue weighted by molar-refractivity contribution is 0.405. The van der Waals surface area contributed by atoms with Gasteiger partial charge in [-0.1, -0.05) is 5.16 Å². The average molecular weight is 228 g/mol. The molecule has 84 valence electrons. The number of nitrogens with one attached hydrogen (secondary N) is 1. The van der Waals surface area contributed by atoms with E-state index in [-0.39, 0.29) is 11.1 Å². The molecule has 0 bridgehead atoms. The molecule has 0 aliphatic rings. The van der Waals surface area contributed by atoms with E-state index in [1.54, 1.807) is 25.4 Å². The molecular weight excluding hydrogens is 220 g/mol. The van der Waals surface area contributed by atoms with Crippen LogP contribution in [0.1, 0.15) is 5.76 Å². The molecule has 3 heterocycles. The molecule has 3 rings (SSSR count). The van der Waals surface area contributed by atoms with Gasteiger partial charge in [0.25, 0.3) is 5.56 Å². The van der Waals surface area contributed by atoms with Gasteiger partial charge < -0.3 is 4.52 Å². The van der Waals surface area contributed by atoms with Crippen molar-refractivity contribution in [3.8, 4) is 11.3 Å². The number of fused-ring (bicyclic) bond motifs is 1. The van der Waals surface area contributed by atoms with Crippen molar-refractivity contribution >= 4 is 10.9 Å². The summed E-state index contributed by atoms with van der Waals surface area (Å²) in [4.78, 5) is 15.5. The highest BCUT2D eigenvalue weighted by molar-refractivity contribution is 5.92. The molecule has 17 heavy (non-hydrogen) atoms. The van der Waals surface area contributed by atoms with Crippen LogP contribution in [-0.4, -0.2) is 20.3 Å². The van der Waals surface area contributed by atoms with Gasteiger partial charge in [-0.05, 0) is 19.1 Å². The molecular formula is C11H8N4O2. The third-order valence-electron chi connectivity index (χ3n) is 2.52. The summed E-state index contributed by atoms with van der Waals surface area (Å²) in [6.07, 6.45) is 3.35. The Kier molecular flexibility index (Phi) is 2.01. The Morgan fingerprint density at radius 1 is 1.41 bits per heavy atom. The average Bonchev–Trinajstić information content (AvgIpc) is 2.75. The van der Waals surface area contributed by atoms with E-state index in [0.29, 0.717) is 16.8 Å². The molecule has 0 radical (unpaired) electrons. The number of H-pyrrole nitrogens is 1. The Balaban J connectivity index is 2.42. The van der Waals surface area contributed by atoms with Gasteiger partial charge in [0.15, 0.2) is 5.52 Å². The van der Waals surface area contributed by atoms with Crippen LogP contribution in [0.2, 0.25) is 0 Å². The molecule has 0 aliphatic carbocycles. The minimum absolute atomic E-state index is 0.261. The van der Waals surface area contributed by atoms with Gasteiger partial charge in [-0.2, -0.15) is 5.10 Å². The molecule has 0 saturated carbocycles. The zero-order valence-corrected chi connectivity index (χ0v) is 8.97. The summed E-state index contributed by atoms with van der Waals surface area (Å²) in [6, 6.07) is 3.66. The van der Waals surface area contributed by atoms with E-state index < -0.39 is 0 Å². The molecule has 0 aromatic carbocycles. The highest BCUT2D eigenvalue weighted by atomic mass is 16.5. The van der Waals surface area contributed by atoms with E-state index in [4.69, 9.17) is 4.52 Å². The summed E-state index contributed by atoms with van der Waals surface area (Å²) in [7, 11) is 0. The molecule has 6 heteroatoms. The number of aromatic amines is 1. The van der Waals surface area contributed by atoms with Crippen LogP contribution in [0, 0.1) is 6.92 Å². The van der Waals surface area contributed by atoms with Crippen LogP contribution in [0.3, 0.4) is 0 Å². The minimum atomic E-state index is -0.357. The monoisotopic (exact) mass is 228 g/mol. The van der Waals surface area contributed by atoms with Crippen molar-refractivity contribution in [1.82, 2.24) is 20.3 Å². The maximum Gasteiger partial charge on any atom is 0.294 e. The van der Waals surface area contributed by atoms with Gasteiger partial charge in [-0.15, -0.1) is 0 Å². The van der Waals surface area contributed by atoms with Crippen LogP contribution in [0.15, 0.2) is 33.8 Å². The Hall–Kier alpha value is -2.50. The fourth-order valence-corrected chi connectivity index (χ4v) is 1.73. The fourth-order valence-electron chi connectivity index (χ4n) is 1.73. The lowest BCUT2D eigenvalue weighted by Crippen LogP contribution is -2.09. The summed E-state index contributed by atoms with van der Waals surface area (Å²) in [5.41, 5.74) is 1.33. The Morgan fingerprint density at radius 2 is 2.29 bits per heavy atom. The number of rotatable bonds is 1. The normalized spacial score (nSPS) is 10.9. The Labute approximate surface area is 95.3 Å². The van der Waals surface area contributed by atoms with Crippen LogP contribution >= 0.6 is 0 Å². The maximum atomic E-state index is 11.5. The minimum Gasteiger partial charge on any atom is -0.360 e. The van der Waals surface area contributed by atoms with Crippen molar-refractivity contribution in [2.75, 3.05) is 0 Å². The summed E-state index contributed by atoms with van der Waals surface area (Å²) in [6.45, 7) is 1.75. The summed E-state index contributed by atoms with van der Waals surface area (Å²) < 4.78 is 5.03. The highest BCUT2D eigenvalue weighted by Crippen LogP contribution is 2.25. The molecule has 1 N–H and O–H groups in total. The van der Waals surface area contributed by atoms with Crippen LogP contribution in [0.25, 0.3) is 22.2 Å². The molecule has 0 fully saturated rings. The van der Waals surface area contributed by atoms with E-state index in [1.807, 2.05) is 6.07 Å². The number of aryl methyl sites for hydroxylation is 1. The first kappa shape index (κ1) is 9.71. The number of hydrogen-bond donors (Lipinski definition) is 1. The van der Waals surface area contributed by atoms with E-state index in [9.17, 15) is 4.79 Å². The SMILES string of the molecule is Cc1onc2c(=O)[nH]nc(-c3cccnc3)c12. The lowest BCUT2D eigenvalue weighted by Gasteiger charge is -2.00. The maximum absolute atomic E-state index is 11.5. The largest absolute Gasteiger partial charge is 0.360 e. The predicted molar refractivity (Wildman–Crippen MR) is 60.4 cm³/mol. The second-order valence-corrected chi connectivity index (χ2v) is 3.61. The van der Waals surface area contributed by atoms with Gasteiger partial charge in [-0.25, -0.2) is 5.10 Å². The van der Waals surface area contributed by atoms with Crippen molar-refractivity contribution in [3.63, 3.8) is 0 Å². The molecule has 0 spiro atoms. The van der Waals surface area contributed by atoms with Crippen LogP contribution in [-0.2, 0) is 0 Å². The summed E-state index contributed by atoms with van der Waals surface area (Å²) in [5, 5.41) is 10.8. The summed E-state index contributed by atoms with van der Waals surface area (Å²) in [5.74, 6) is 0.567. The number of hydrogen-bond acceptors (Lipinski definition) is 5. The van der Waals surface area contributed by atoms with E-state index in [2.05, 4.69) is 20.3 Å². The second-order valence-electron chi connectivity index (χ2n) is 3.61. The first-order chi connectivity index (χ1) is 8.27. The third kappa shape index (κ3) is 1.42. The van der Waals surface area contributed by atoms with Gasteiger partial charge in [0, 0.05) is 18.0 Å². The Morgan fingerprint density at radius 3 is 3.06 bits per heavy atom. The molecule has 0 atom stereocenters. The van der Waals surface area contributed by atoms with Crippen LogP contribution in [0.5, 0.6) is 0 Å². The zero-order valence-electron chi connectivity index (χ0n) is 8.97. The van der Waals surface area contributed by atoms with Crippen molar-refractivity contribution in [3.05, 3.63) is 40.6 Å². The van der Waals surface area contributed by atoms with Crippen molar-refractivity contribution < 1.29 is 4.52 Å². The standard InChI is InChI=1S/C11H8N4O2/c1-6-8-9(7-3-2-4-12-5-7)13-14-11(16)10(8)15-17-6/h2-5H,1H3,(H,14,16). The molecule has 3 aromatic heterocycles. The zero-order chi connectivity index (χ0) is 11.8. The molecule has 0 aliphatic heterocycles. The number of aromatic nitrogens is 4. The molecule has 0 amide bonds. The first-order valence-corrected chi connectivity index (χ1v) is 5.02. The van der Waals surface area contributed by atoms with Gasteiger partial charge in [0.2, 0.25) is 0 Å². The fraction of sp³-hybridized carbons (Fsp3) is 0.0909. The summed E-state index contributed by atoms with van der Waals surface area (Å²) >= 11 is 0. The smallest absolute Gasteiger partial charge is 0.294 e. The highest BCUT2D eigenvalue weighted by Gasteiger charge is 2.15. The third-order valence-corrected chi connectivity index (χ3v) is 2.52. The van der Waals surface area contributed by atoms with Gasteiger partial charge in [0.1, 0.15) is 11.5 Å². The first-order valence-electron chi connectivity index (χ1n) is 5.02. The molecule has 0 unspecified atom stereocenters. The lowest BCUT2D eigenvalue weighted by atomic mass is 10.1. The van der Waals surface area contributed by atoms with Crippen molar-refractivity contribution in [2.45, 2.75) is 6.92 Å². The van der Waals surface area contributed by atoms with Crippen molar-refractivity contribution in [2.24, 2.45) is 0 Å². The van der Waals surface area contributed by atoms with Crippen LogP contribution < -0.4 is 5.56 Å². The van der Waals surface area contributed by atoms with Crippen LogP contribution in [0.4, 0.5) is 0 Å². The second kappa shape index (κ2) is 3.51. The topological polar surface area (TPSA) is 84.7 Å². The van der Waals surface area contributed by atoms with Gasteiger partial charge in [0.05, 0.1) is 5.39 Å². The molecule has 0 saturated heterocycles. The van der Waals surface area contributed by atoms with Crippen molar-refractivity contribution in [1.29, 1.82) is 0 Å². The number of pyridine rings is 1. The Bertz CT molecular complexity index is 730. The molecule has 3 aromatic rings. The van der Waals surface area contributed by atoms with E-state index >= 15 is 0 Å². The predicted octanol–water partition coefficient (Wildman–Crippen LogP) is 1.28. The van der Waals surface area contributed by atoms with Gasteiger partial charge in [-0.3, -0.25) is 9.78 Å². The van der Waals surface area contributed by atoms with E-state index in [1.165, 1.54) is 0 Å². The quantitative estimate of drug-likeness (QED) is 0.678. The van der Waals surface area contributed by atoms with Gasteiger partial charge >= 0.3 is 0 Å². The molecule has 6 nitrogen and oxygen atoms in total. The number of nitrogens with zero attached hydrogens (tertiary/aromatic N) is 3.